The quantitative estimate of drug-likeness (QED) is 0.0667. The van der Waals surface area contributed by atoms with Gasteiger partial charge in [0.15, 0.2) is 23.0 Å². The Bertz CT molecular complexity index is 2460. The zero-order valence-corrected chi connectivity index (χ0v) is 39.9. The van der Waals surface area contributed by atoms with Crippen molar-refractivity contribution in [2.45, 2.75) is 11.9 Å². The Balaban J connectivity index is 0.000000451. The molecule has 66 heavy (non-hydrogen) atoms. The van der Waals surface area contributed by atoms with E-state index in [-0.39, 0.29) is 8.82 Å². The standard InChI is InChI=1S/C15H18O4.C13H12O3.C12H18O5.C10H12O4/c1-16-14-12-8-6-5-7-11(12)9-10-13(14)15(17-2,18-3)19-4;1-15-12-10-6-4-3-5-9(10)7-8-11(12)13(14)16-2;1-13-10-7-6-9(8-11(10)14-2)12(15-3,16-4)17-5;1-12-8-5-4-7(10(11)14-3)6-9(8)13-2/h5-10H,1-4H3;3-8H,1-2H3;6-8H,1-5H3;4-6H,1-3H3/p+2. The number of esters is 2. The van der Waals surface area contributed by atoms with Gasteiger partial charge in [0, 0.05) is 59.0 Å². The van der Waals surface area contributed by atoms with Crippen molar-refractivity contribution in [1.82, 2.24) is 0 Å². The van der Waals surface area contributed by atoms with Gasteiger partial charge < -0.3 is 66.3 Å². The van der Waals surface area contributed by atoms with E-state index in [0.717, 1.165) is 21.5 Å². The highest BCUT2D eigenvalue weighted by atomic mass is 16.9. The van der Waals surface area contributed by atoms with Gasteiger partial charge >= 0.3 is 26.7 Å². The normalized spacial score (nSPS) is 10.8. The van der Waals surface area contributed by atoms with Crippen LogP contribution in [0, 0.1) is 0 Å². The molecule has 0 aliphatic carbocycles. The van der Waals surface area contributed by atoms with Crippen LogP contribution in [0.2, 0.25) is 0 Å². The SMILES string of the molecule is COC(=O)c1ccc(OC)c(OC)c1.COC(=O)c1ccc2ccccc2c1OC.COc1c(C(OC)(OC)OC)ccc2ccccc12.COc1ccc(C(OC)(OC)OC)cc1OC.[H+].[H+]. The molecule has 356 valence electrons. The monoisotopic (exact) mass is 918 g/mol. The van der Waals surface area contributed by atoms with Crippen molar-refractivity contribution >= 4 is 33.5 Å². The van der Waals surface area contributed by atoms with Gasteiger partial charge in [-0.2, -0.15) is 0 Å². The molecular weight excluding hydrogens is 857 g/mol. The molecule has 16 nitrogen and oxygen atoms in total. The number of hydrogen-bond acceptors (Lipinski definition) is 16. The third kappa shape index (κ3) is 12.4. The van der Waals surface area contributed by atoms with E-state index in [1.54, 1.807) is 70.9 Å². The minimum Gasteiger partial charge on any atom is -0.496 e. The fourth-order valence-corrected chi connectivity index (χ4v) is 6.73. The van der Waals surface area contributed by atoms with Crippen LogP contribution in [-0.4, -0.2) is 111 Å². The second kappa shape index (κ2) is 26.3. The third-order valence-electron chi connectivity index (χ3n) is 10.1. The van der Waals surface area contributed by atoms with E-state index in [2.05, 4.69) is 4.74 Å². The second-order valence-electron chi connectivity index (χ2n) is 13.2. The number of hydrogen-bond donors (Lipinski definition) is 0. The molecule has 16 heteroatoms. The summed E-state index contributed by atoms with van der Waals surface area (Å²) in [5, 5.41) is 4.01. The minimum atomic E-state index is -1.27. The van der Waals surface area contributed by atoms with Crippen molar-refractivity contribution < 1.29 is 78.8 Å². The van der Waals surface area contributed by atoms with E-state index in [0.29, 0.717) is 56.8 Å². The maximum absolute atomic E-state index is 11.5. The van der Waals surface area contributed by atoms with Gasteiger partial charge in [-0.3, -0.25) is 0 Å². The average Bonchev–Trinajstić information content (AvgIpc) is 3.39. The summed E-state index contributed by atoms with van der Waals surface area (Å²) < 4.78 is 72.5. The Hall–Kier alpha value is -6.66. The molecule has 0 saturated heterocycles. The molecular formula is C50H62O16+2. The molecule has 0 heterocycles. The van der Waals surface area contributed by atoms with Crippen LogP contribution in [0.5, 0.6) is 34.5 Å². The van der Waals surface area contributed by atoms with Crippen molar-refractivity contribution in [2.24, 2.45) is 0 Å². The number of methoxy groups -OCH3 is 14. The van der Waals surface area contributed by atoms with Gasteiger partial charge in [-0.1, -0.05) is 60.7 Å². The molecule has 6 aromatic rings. The molecule has 0 fully saturated rings. The van der Waals surface area contributed by atoms with Gasteiger partial charge in [-0.15, -0.1) is 0 Å². The van der Waals surface area contributed by atoms with E-state index in [9.17, 15) is 9.59 Å². The van der Waals surface area contributed by atoms with E-state index in [1.165, 1.54) is 71.1 Å². The summed E-state index contributed by atoms with van der Waals surface area (Å²) in [6, 6.07) is 33.3. The Labute approximate surface area is 388 Å². The first-order valence-corrected chi connectivity index (χ1v) is 19.9. The van der Waals surface area contributed by atoms with Crippen LogP contribution >= 0.6 is 0 Å². The number of carbonyl (C=O) groups excluding carboxylic acids is 2. The number of rotatable bonds is 16. The fourth-order valence-electron chi connectivity index (χ4n) is 6.73. The molecule has 0 N–H and O–H groups in total. The molecule has 0 bridgehead atoms. The van der Waals surface area contributed by atoms with Crippen LogP contribution < -0.4 is 28.4 Å². The summed E-state index contributed by atoms with van der Waals surface area (Å²) in [6.07, 6.45) is 0. The zero-order valence-electron chi connectivity index (χ0n) is 41.9. The lowest BCUT2D eigenvalue weighted by Gasteiger charge is -2.30. The van der Waals surface area contributed by atoms with Gasteiger partial charge in [0.05, 0.1) is 68.0 Å². The first-order valence-electron chi connectivity index (χ1n) is 19.9. The summed E-state index contributed by atoms with van der Waals surface area (Å²) in [5.74, 6) is 0.265. The Morgan fingerprint density at radius 1 is 0.394 bits per heavy atom. The molecule has 0 aliphatic heterocycles. The smallest absolute Gasteiger partial charge is 0.496 e. The van der Waals surface area contributed by atoms with Gasteiger partial charge in [-0.05, 0) is 59.3 Å². The van der Waals surface area contributed by atoms with Crippen LogP contribution in [0.15, 0.2) is 109 Å². The van der Waals surface area contributed by atoms with E-state index < -0.39 is 17.9 Å². The first-order chi connectivity index (χ1) is 31.9. The van der Waals surface area contributed by atoms with Crippen molar-refractivity contribution in [3.63, 3.8) is 0 Å². The molecule has 0 unspecified atom stereocenters. The third-order valence-corrected chi connectivity index (χ3v) is 10.1. The van der Waals surface area contributed by atoms with E-state index in [4.69, 9.17) is 61.6 Å². The fraction of sp³-hybridized carbons (Fsp3) is 0.320. The highest BCUT2D eigenvalue weighted by Crippen LogP contribution is 2.39. The highest BCUT2D eigenvalue weighted by Gasteiger charge is 2.36. The summed E-state index contributed by atoms with van der Waals surface area (Å²) in [6.45, 7) is 0. The first kappa shape index (κ1) is 53.7. The van der Waals surface area contributed by atoms with Crippen LogP contribution in [0.1, 0.15) is 34.7 Å². The summed E-state index contributed by atoms with van der Waals surface area (Å²) in [7, 11) is 21.2. The van der Waals surface area contributed by atoms with Gasteiger partial charge in [0.2, 0.25) is 0 Å². The Morgan fingerprint density at radius 2 is 0.833 bits per heavy atom. The molecule has 0 radical (unpaired) electrons. The lowest BCUT2D eigenvalue weighted by Crippen LogP contribution is -2.33. The molecule has 6 aromatic carbocycles. The van der Waals surface area contributed by atoms with Crippen LogP contribution in [0.3, 0.4) is 0 Å². The summed E-state index contributed by atoms with van der Waals surface area (Å²) in [4.78, 5) is 22.7. The number of ether oxygens (including phenoxy) is 14. The second-order valence-corrected chi connectivity index (χ2v) is 13.2. The van der Waals surface area contributed by atoms with Crippen molar-refractivity contribution in [3.05, 3.63) is 131 Å². The lowest BCUT2D eigenvalue weighted by atomic mass is 10.0. The van der Waals surface area contributed by atoms with Crippen molar-refractivity contribution in [3.8, 4) is 34.5 Å². The topological polar surface area (TPSA) is 163 Å². The molecule has 6 rings (SSSR count). The molecule has 0 aromatic heterocycles. The van der Waals surface area contributed by atoms with Crippen molar-refractivity contribution in [1.29, 1.82) is 0 Å². The largest absolute Gasteiger partial charge is 1.00 e. The number of benzene rings is 6. The average molecular weight is 919 g/mol. The maximum Gasteiger partial charge on any atom is 1.00 e. The van der Waals surface area contributed by atoms with Gasteiger partial charge in [0.25, 0.3) is 0 Å². The van der Waals surface area contributed by atoms with Crippen LogP contribution in [0.4, 0.5) is 0 Å². The summed E-state index contributed by atoms with van der Waals surface area (Å²) >= 11 is 0. The predicted molar refractivity (Wildman–Crippen MR) is 250 cm³/mol. The van der Waals surface area contributed by atoms with E-state index >= 15 is 0 Å². The molecule has 0 atom stereocenters. The minimum absolute atomic E-state index is 0. The predicted octanol–water partition coefficient (Wildman–Crippen LogP) is 9.00. The number of carbonyl (C=O) groups is 2. The van der Waals surface area contributed by atoms with Crippen molar-refractivity contribution in [2.75, 3.05) is 99.5 Å². The molecule has 0 aliphatic rings. The van der Waals surface area contributed by atoms with Gasteiger partial charge in [-0.25, -0.2) is 9.59 Å². The zero-order chi connectivity index (χ0) is 48.9. The molecule has 0 spiro atoms. The van der Waals surface area contributed by atoms with Gasteiger partial charge in [0.1, 0.15) is 17.1 Å². The van der Waals surface area contributed by atoms with Crippen LogP contribution in [0.25, 0.3) is 21.5 Å². The van der Waals surface area contributed by atoms with Crippen LogP contribution in [-0.2, 0) is 49.8 Å². The summed E-state index contributed by atoms with van der Waals surface area (Å²) in [5.41, 5.74) is 2.26. The highest BCUT2D eigenvalue weighted by molar-refractivity contribution is 6.01. The Kier molecular flexibility index (Phi) is 21.4. The molecule has 0 saturated carbocycles. The maximum atomic E-state index is 11.5. The Morgan fingerprint density at radius 3 is 1.29 bits per heavy atom. The lowest BCUT2D eigenvalue weighted by molar-refractivity contribution is -0.365. The van der Waals surface area contributed by atoms with E-state index in [1.807, 2.05) is 66.7 Å². The molecule has 0 amide bonds. The number of fused-ring (bicyclic) bond motifs is 2.